The van der Waals surface area contributed by atoms with Gasteiger partial charge < -0.3 is 0 Å². The first-order chi connectivity index (χ1) is 10.5. The van der Waals surface area contributed by atoms with Gasteiger partial charge in [0.25, 0.3) is 0 Å². The summed E-state index contributed by atoms with van der Waals surface area (Å²) in [6.45, 7) is 3.97. The number of hydrogen-bond acceptors (Lipinski definition) is 6. The van der Waals surface area contributed by atoms with Crippen molar-refractivity contribution in [3.63, 3.8) is 0 Å². The number of aliphatic hydroxyl groups is 1. The molecule has 1 atom stereocenters. The molecule has 0 bridgehead atoms. The molecule has 1 saturated heterocycles. The Balaban J connectivity index is 2.22. The van der Waals surface area contributed by atoms with Crippen LogP contribution in [0.1, 0.15) is 13.3 Å². The Morgan fingerprint density at radius 2 is 2.27 bits per heavy atom. The minimum atomic E-state index is -0.461. The second-order valence-corrected chi connectivity index (χ2v) is 5.17. The van der Waals surface area contributed by atoms with E-state index in [2.05, 4.69) is 4.90 Å². The van der Waals surface area contributed by atoms with Gasteiger partial charge in [-0.05, 0) is 0 Å². The fourth-order valence-corrected chi connectivity index (χ4v) is 2.75. The number of nitro groups is 1. The Morgan fingerprint density at radius 1 is 1.55 bits per heavy atom. The number of anilines is 1. The summed E-state index contributed by atoms with van der Waals surface area (Å²) in [6.07, 6.45) is 0.835. The van der Waals surface area contributed by atoms with E-state index in [1.54, 1.807) is 17.0 Å². The Hall–Kier alpha value is -2.25. The average molecular weight is 304 g/mol. The number of nitro benzene ring substituents is 1. The summed E-state index contributed by atoms with van der Waals surface area (Å²) in [7, 11) is 6.92. The van der Waals surface area contributed by atoms with Gasteiger partial charge in [-0.1, -0.05) is 0 Å². The standard InChI is InChI=1S/C14H19BN3O4/c1-3-10-9-16(6-7-17(10)14(15)19)11-4-5-12(18(20)21)13(8-11)22-2/h4-5,8,10,19H,3,6-7,9H2,1-2H3/t10-/m0/s1. The molecule has 1 aromatic rings. The van der Waals surface area contributed by atoms with Gasteiger partial charge in [0, 0.05) is 0 Å². The molecule has 0 amide bonds. The third kappa shape index (κ3) is 3.15. The van der Waals surface area contributed by atoms with E-state index in [9.17, 15) is 15.2 Å². The second-order valence-electron chi connectivity index (χ2n) is 5.17. The zero-order valence-corrected chi connectivity index (χ0v) is 12.7. The Morgan fingerprint density at radius 3 is 2.82 bits per heavy atom. The fourth-order valence-electron chi connectivity index (χ4n) is 2.75. The maximum absolute atomic E-state index is 10.9. The predicted octanol–water partition coefficient (Wildman–Crippen LogP) is 1.13. The molecule has 2 rings (SSSR count). The molecule has 0 unspecified atom stereocenters. The number of rotatable bonds is 5. The third-order valence-electron chi connectivity index (χ3n) is 3.97. The molecule has 1 aliphatic rings. The first-order valence-corrected chi connectivity index (χ1v) is 7.13. The molecule has 117 valence electrons. The number of benzene rings is 1. The van der Waals surface area contributed by atoms with Crippen LogP contribution in [0.15, 0.2) is 18.2 Å². The van der Waals surface area contributed by atoms with Crippen molar-refractivity contribution in [1.29, 1.82) is 0 Å². The van der Waals surface area contributed by atoms with Crippen molar-refractivity contribution in [3.8, 4) is 5.75 Å². The summed E-state index contributed by atoms with van der Waals surface area (Å²) in [5.41, 5.74) is 0.807. The van der Waals surface area contributed by atoms with Crippen LogP contribution in [0.5, 0.6) is 5.75 Å². The van der Waals surface area contributed by atoms with Crippen molar-refractivity contribution in [1.82, 2.24) is 4.90 Å². The zero-order valence-electron chi connectivity index (χ0n) is 12.7. The van der Waals surface area contributed by atoms with Crippen molar-refractivity contribution < 1.29 is 14.8 Å². The molecule has 7 nitrogen and oxygen atoms in total. The number of ether oxygens (including phenoxy) is 1. The van der Waals surface area contributed by atoms with E-state index in [0.29, 0.717) is 19.6 Å². The van der Waals surface area contributed by atoms with Crippen LogP contribution in [0.25, 0.3) is 0 Å². The van der Waals surface area contributed by atoms with Gasteiger partial charge in [0.15, 0.2) is 0 Å². The first kappa shape index (κ1) is 16.1. The van der Waals surface area contributed by atoms with Crippen molar-refractivity contribution in [3.05, 3.63) is 28.3 Å². The van der Waals surface area contributed by atoms with Gasteiger partial charge in [0.2, 0.25) is 0 Å². The van der Waals surface area contributed by atoms with Gasteiger partial charge >= 0.3 is 129 Å². The molecular formula is C14H19BN3O4. The van der Waals surface area contributed by atoms with E-state index in [1.807, 2.05) is 6.92 Å². The molecule has 0 aliphatic carbocycles. The number of methoxy groups -OCH3 is 1. The number of hydrogen-bond donors (Lipinski definition) is 1. The van der Waals surface area contributed by atoms with Crippen LogP contribution in [0, 0.1) is 10.1 Å². The number of piperazine rings is 1. The van der Waals surface area contributed by atoms with Gasteiger partial charge in [0.1, 0.15) is 0 Å². The summed E-state index contributed by atoms with van der Waals surface area (Å²) in [5, 5.41) is 20.5. The minimum absolute atomic E-state index is 0.0511. The van der Waals surface area contributed by atoms with Crippen LogP contribution in [-0.2, 0) is 0 Å². The van der Waals surface area contributed by atoms with Crippen LogP contribution in [0.2, 0.25) is 0 Å². The van der Waals surface area contributed by atoms with Gasteiger partial charge in [0.05, 0.1) is 0 Å². The molecule has 1 aliphatic heterocycles. The van der Waals surface area contributed by atoms with Crippen molar-refractivity contribution in [2.24, 2.45) is 0 Å². The number of aliphatic hydroxyl groups excluding tert-OH is 1. The summed E-state index contributed by atoms with van der Waals surface area (Å²) in [5.74, 6) is 0.0824. The monoisotopic (exact) mass is 304 g/mol. The number of nitrogens with zero attached hydrogens (tertiary/aromatic N) is 3. The molecular weight excluding hydrogens is 285 g/mol. The van der Waals surface area contributed by atoms with Gasteiger partial charge in [-0.15, -0.1) is 0 Å². The van der Waals surface area contributed by atoms with Crippen LogP contribution in [0.3, 0.4) is 0 Å². The summed E-state index contributed by atoms with van der Waals surface area (Å²) in [4.78, 5) is 14.4. The molecule has 1 heterocycles. The van der Waals surface area contributed by atoms with E-state index >= 15 is 0 Å². The maximum atomic E-state index is 10.9. The van der Waals surface area contributed by atoms with E-state index in [-0.39, 0.29) is 23.3 Å². The quantitative estimate of drug-likeness (QED) is 0.499. The molecule has 1 N–H and O–H groups in total. The SMILES string of the molecule is [B]=C(O)N1CCN(c2ccc([N+](=O)[O-])c(OC)c2)C[C@@H]1CC. The van der Waals surface area contributed by atoms with Gasteiger partial charge in [-0.25, -0.2) is 0 Å². The summed E-state index contributed by atoms with van der Waals surface area (Å²) in [6, 6.07) is 4.94. The van der Waals surface area contributed by atoms with Crippen LogP contribution in [-0.4, -0.2) is 61.0 Å². The van der Waals surface area contributed by atoms with Gasteiger partial charge in [-0.3, -0.25) is 0 Å². The zero-order chi connectivity index (χ0) is 16.3. The Labute approximate surface area is 130 Å². The molecule has 0 saturated carbocycles. The van der Waals surface area contributed by atoms with Crippen molar-refractivity contribution >= 4 is 24.6 Å². The van der Waals surface area contributed by atoms with Crippen LogP contribution in [0.4, 0.5) is 11.4 Å². The van der Waals surface area contributed by atoms with E-state index < -0.39 is 4.92 Å². The molecule has 0 aromatic heterocycles. The summed E-state index contributed by atoms with van der Waals surface area (Å²) < 4.78 is 5.11. The summed E-state index contributed by atoms with van der Waals surface area (Å²) >= 11 is 0. The van der Waals surface area contributed by atoms with E-state index in [4.69, 9.17) is 12.2 Å². The Kier molecular flexibility index (Phi) is 4.90. The average Bonchev–Trinajstić information content (AvgIpc) is 2.53. The molecule has 0 spiro atoms. The van der Waals surface area contributed by atoms with Crippen molar-refractivity contribution in [2.75, 3.05) is 31.6 Å². The third-order valence-corrected chi connectivity index (χ3v) is 3.97. The predicted molar refractivity (Wildman–Crippen MR) is 85.3 cm³/mol. The van der Waals surface area contributed by atoms with Crippen LogP contribution >= 0.6 is 0 Å². The molecule has 1 radical (unpaired) electrons. The molecule has 1 fully saturated rings. The fraction of sp³-hybridized carbons (Fsp3) is 0.500. The molecule has 22 heavy (non-hydrogen) atoms. The normalized spacial score (nSPS) is 18.1. The van der Waals surface area contributed by atoms with Crippen LogP contribution < -0.4 is 9.64 Å². The van der Waals surface area contributed by atoms with E-state index in [1.165, 1.54) is 13.2 Å². The van der Waals surface area contributed by atoms with Crippen molar-refractivity contribution in [2.45, 2.75) is 19.4 Å². The first-order valence-electron chi connectivity index (χ1n) is 7.13. The van der Waals surface area contributed by atoms with E-state index in [0.717, 1.165) is 12.1 Å². The second kappa shape index (κ2) is 6.68. The molecule has 8 heteroatoms. The Bertz CT molecular complexity index is 581. The van der Waals surface area contributed by atoms with Gasteiger partial charge in [-0.2, -0.15) is 0 Å². The topological polar surface area (TPSA) is 79.1 Å². The molecule has 1 aromatic carbocycles.